The van der Waals surface area contributed by atoms with E-state index in [9.17, 15) is 20.0 Å². The van der Waals surface area contributed by atoms with Crippen LogP contribution in [-0.2, 0) is 11.2 Å². The summed E-state index contributed by atoms with van der Waals surface area (Å²) in [6.45, 7) is 1.62. The number of nitro groups is 1. The third-order valence-corrected chi connectivity index (χ3v) is 2.59. The lowest BCUT2D eigenvalue weighted by Gasteiger charge is -2.06. The lowest BCUT2D eigenvalue weighted by atomic mass is 10.0. The van der Waals surface area contributed by atoms with Crippen molar-refractivity contribution >= 4 is 5.97 Å². The van der Waals surface area contributed by atoms with E-state index < -0.39 is 17.6 Å². The monoisotopic (exact) mass is 267 g/mol. The third kappa shape index (κ3) is 5.48. The zero-order chi connectivity index (χ0) is 14.3. The Bertz CT molecular complexity index is 429. The van der Waals surface area contributed by atoms with Gasteiger partial charge in [0.05, 0.1) is 12.2 Å². The Labute approximate surface area is 111 Å². The van der Waals surface area contributed by atoms with Crippen LogP contribution in [0.1, 0.15) is 29.3 Å². The number of rotatable bonds is 7. The highest BCUT2D eigenvalue weighted by atomic mass is 16.6. The van der Waals surface area contributed by atoms with Gasteiger partial charge >= 0.3 is 5.97 Å². The number of aryl methyl sites for hydroxylation is 1. The van der Waals surface area contributed by atoms with Gasteiger partial charge < -0.3 is 9.84 Å². The van der Waals surface area contributed by atoms with E-state index in [0.717, 1.165) is 5.56 Å². The molecule has 0 aliphatic rings. The maximum atomic E-state index is 11.4. The van der Waals surface area contributed by atoms with Crippen LogP contribution in [0.3, 0.4) is 0 Å². The molecule has 0 heterocycles. The Morgan fingerprint density at radius 2 is 2.05 bits per heavy atom. The van der Waals surface area contributed by atoms with Crippen LogP contribution < -0.4 is 0 Å². The van der Waals surface area contributed by atoms with E-state index in [1.54, 1.807) is 31.2 Å². The van der Waals surface area contributed by atoms with Gasteiger partial charge in [0.15, 0.2) is 0 Å². The fraction of sp³-hybridized carbons (Fsp3) is 0.462. The molecular weight excluding hydrogens is 250 g/mol. The SMILES string of the molecule is CCOC(=O)c1ccc(CCC(O)C[N+](=O)[O-])cc1. The van der Waals surface area contributed by atoms with Crippen molar-refractivity contribution in [1.82, 2.24) is 0 Å². The molecule has 0 aliphatic heterocycles. The minimum absolute atomic E-state index is 0.319. The van der Waals surface area contributed by atoms with Crippen LogP contribution in [0.2, 0.25) is 0 Å². The predicted octanol–water partition coefficient (Wildman–Crippen LogP) is 1.43. The van der Waals surface area contributed by atoms with Gasteiger partial charge in [-0.25, -0.2) is 4.79 Å². The molecule has 1 N–H and O–H groups in total. The molecule has 1 unspecified atom stereocenters. The summed E-state index contributed by atoms with van der Waals surface area (Å²) in [5.41, 5.74) is 1.38. The summed E-state index contributed by atoms with van der Waals surface area (Å²) in [6.07, 6.45) is -0.0996. The van der Waals surface area contributed by atoms with Crippen molar-refractivity contribution in [2.45, 2.75) is 25.9 Å². The second-order valence-electron chi connectivity index (χ2n) is 4.13. The molecule has 0 spiro atoms. The first kappa shape index (κ1) is 15.1. The van der Waals surface area contributed by atoms with Gasteiger partial charge in [0.2, 0.25) is 6.54 Å². The number of hydrogen-bond acceptors (Lipinski definition) is 5. The van der Waals surface area contributed by atoms with Crippen molar-refractivity contribution in [2.24, 2.45) is 0 Å². The zero-order valence-electron chi connectivity index (χ0n) is 10.7. The topological polar surface area (TPSA) is 89.7 Å². The Morgan fingerprint density at radius 1 is 1.42 bits per heavy atom. The van der Waals surface area contributed by atoms with E-state index in [1.165, 1.54) is 0 Å². The molecule has 1 atom stereocenters. The number of nitrogens with zero attached hydrogens (tertiary/aromatic N) is 1. The van der Waals surface area contributed by atoms with Crippen molar-refractivity contribution < 1.29 is 19.6 Å². The van der Waals surface area contributed by atoms with E-state index in [-0.39, 0.29) is 5.97 Å². The highest BCUT2D eigenvalue weighted by molar-refractivity contribution is 5.89. The molecular formula is C13H17NO5. The average molecular weight is 267 g/mol. The number of ether oxygens (including phenoxy) is 1. The molecule has 1 aromatic carbocycles. The maximum Gasteiger partial charge on any atom is 0.338 e. The van der Waals surface area contributed by atoms with Gasteiger partial charge in [-0.2, -0.15) is 0 Å². The van der Waals surface area contributed by atoms with Crippen molar-refractivity contribution in [1.29, 1.82) is 0 Å². The third-order valence-electron chi connectivity index (χ3n) is 2.59. The molecule has 104 valence electrons. The fourth-order valence-corrected chi connectivity index (χ4v) is 1.62. The molecule has 0 radical (unpaired) electrons. The quantitative estimate of drug-likeness (QED) is 0.458. The number of aliphatic hydroxyl groups excluding tert-OH is 1. The van der Waals surface area contributed by atoms with Crippen LogP contribution in [0, 0.1) is 10.1 Å². The molecule has 1 rings (SSSR count). The normalized spacial score (nSPS) is 11.9. The van der Waals surface area contributed by atoms with Crippen LogP contribution in [0.25, 0.3) is 0 Å². The van der Waals surface area contributed by atoms with Crippen molar-refractivity contribution in [3.8, 4) is 0 Å². The largest absolute Gasteiger partial charge is 0.462 e. The molecule has 6 heteroatoms. The summed E-state index contributed by atoms with van der Waals surface area (Å²) < 4.78 is 4.86. The Hall–Kier alpha value is -1.95. The molecule has 0 saturated heterocycles. The second-order valence-corrected chi connectivity index (χ2v) is 4.13. The molecule has 1 aromatic rings. The molecule has 0 fully saturated rings. The first-order chi connectivity index (χ1) is 9.02. The Morgan fingerprint density at radius 3 is 2.58 bits per heavy atom. The number of carbonyl (C=O) groups excluding carboxylic acids is 1. The fourth-order valence-electron chi connectivity index (χ4n) is 1.62. The molecule has 0 saturated carbocycles. The number of aliphatic hydroxyl groups is 1. The molecule has 6 nitrogen and oxygen atoms in total. The van der Waals surface area contributed by atoms with Crippen LogP contribution in [0.5, 0.6) is 0 Å². The van der Waals surface area contributed by atoms with Crippen LogP contribution in [-0.4, -0.2) is 35.3 Å². The first-order valence-corrected chi connectivity index (χ1v) is 6.09. The van der Waals surface area contributed by atoms with Gasteiger partial charge in [-0.1, -0.05) is 12.1 Å². The molecule has 0 aromatic heterocycles. The van der Waals surface area contributed by atoms with E-state index in [0.29, 0.717) is 25.0 Å². The smallest absolute Gasteiger partial charge is 0.338 e. The van der Waals surface area contributed by atoms with E-state index >= 15 is 0 Å². The van der Waals surface area contributed by atoms with Gasteiger partial charge in [0, 0.05) is 4.92 Å². The van der Waals surface area contributed by atoms with Crippen LogP contribution in [0.4, 0.5) is 0 Å². The predicted molar refractivity (Wildman–Crippen MR) is 68.6 cm³/mol. The minimum atomic E-state index is -0.945. The number of benzene rings is 1. The van der Waals surface area contributed by atoms with Crippen LogP contribution >= 0.6 is 0 Å². The summed E-state index contributed by atoms with van der Waals surface area (Å²) in [5, 5.41) is 19.6. The molecule has 0 bridgehead atoms. The van der Waals surface area contributed by atoms with E-state index in [1.807, 2.05) is 0 Å². The average Bonchev–Trinajstić information content (AvgIpc) is 2.36. The summed E-state index contributed by atoms with van der Waals surface area (Å²) in [6, 6.07) is 6.80. The Kier molecular flexibility index (Phi) is 5.95. The summed E-state index contributed by atoms with van der Waals surface area (Å²) in [4.78, 5) is 21.1. The van der Waals surface area contributed by atoms with Crippen molar-refractivity contribution in [3.63, 3.8) is 0 Å². The summed E-state index contributed by atoms with van der Waals surface area (Å²) in [7, 11) is 0. The van der Waals surface area contributed by atoms with Gasteiger partial charge in [-0.3, -0.25) is 10.1 Å². The standard InChI is InChI=1S/C13H17NO5/c1-2-19-13(16)11-6-3-10(4-7-11)5-8-12(15)9-14(17)18/h3-4,6-7,12,15H,2,5,8-9H2,1H3. The summed E-state index contributed by atoms with van der Waals surface area (Å²) >= 11 is 0. The van der Waals surface area contributed by atoms with Gasteiger partial charge in [0.25, 0.3) is 0 Å². The van der Waals surface area contributed by atoms with Gasteiger partial charge in [-0.15, -0.1) is 0 Å². The van der Waals surface area contributed by atoms with E-state index in [2.05, 4.69) is 0 Å². The molecule has 0 aliphatic carbocycles. The first-order valence-electron chi connectivity index (χ1n) is 6.09. The maximum absolute atomic E-state index is 11.4. The number of hydrogen-bond donors (Lipinski definition) is 1. The highest BCUT2D eigenvalue weighted by Gasteiger charge is 2.11. The number of carbonyl (C=O) groups is 1. The lowest BCUT2D eigenvalue weighted by Crippen LogP contribution is -2.19. The van der Waals surface area contributed by atoms with E-state index in [4.69, 9.17) is 4.74 Å². The zero-order valence-corrected chi connectivity index (χ0v) is 10.7. The van der Waals surface area contributed by atoms with Crippen LogP contribution in [0.15, 0.2) is 24.3 Å². The van der Waals surface area contributed by atoms with Gasteiger partial charge in [0.1, 0.15) is 6.10 Å². The second kappa shape index (κ2) is 7.48. The molecule has 19 heavy (non-hydrogen) atoms. The highest BCUT2D eigenvalue weighted by Crippen LogP contribution is 2.09. The lowest BCUT2D eigenvalue weighted by molar-refractivity contribution is -0.490. The van der Waals surface area contributed by atoms with Gasteiger partial charge in [-0.05, 0) is 37.5 Å². The number of esters is 1. The van der Waals surface area contributed by atoms with Crippen molar-refractivity contribution in [2.75, 3.05) is 13.2 Å². The molecule has 0 amide bonds. The summed E-state index contributed by atoms with van der Waals surface area (Å²) in [5.74, 6) is -0.373. The minimum Gasteiger partial charge on any atom is -0.462 e. The Balaban J connectivity index is 2.48. The van der Waals surface area contributed by atoms with Crippen molar-refractivity contribution in [3.05, 3.63) is 45.5 Å².